The molecule has 0 spiro atoms. The molecule has 7 heteroatoms. The van der Waals surface area contributed by atoms with E-state index in [4.69, 9.17) is 16.3 Å². The molecule has 0 fully saturated rings. The van der Waals surface area contributed by atoms with Gasteiger partial charge in [0.15, 0.2) is 6.61 Å². The van der Waals surface area contributed by atoms with E-state index in [1.165, 1.54) is 24.3 Å². The Labute approximate surface area is 149 Å². The first-order valence-corrected chi connectivity index (χ1v) is 7.87. The minimum atomic E-state index is -0.360. The molecule has 1 N–H and O–H groups in total. The zero-order chi connectivity index (χ0) is 17.8. The van der Waals surface area contributed by atoms with Crippen LogP contribution in [0.4, 0.5) is 10.2 Å². The van der Waals surface area contributed by atoms with Crippen molar-refractivity contribution in [3.63, 3.8) is 0 Å². The molecule has 0 aliphatic carbocycles. The molecule has 2 aromatic carbocycles. The molecule has 5 nitrogen and oxygen atoms in total. The van der Waals surface area contributed by atoms with Crippen LogP contribution in [0.5, 0.6) is 5.75 Å². The van der Waals surface area contributed by atoms with Crippen molar-refractivity contribution in [2.24, 2.45) is 7.05 Å². The van der Waals surface area contributed by atoms with E-state index in [1.807, 2.05) is 12.1 Å². The van der Waals surface area contributed by atoms with Crippen molar-refractivity contribution >= 4 is 23.3 Å². The number of amides is 1. The Morgan fingerprint density at radius 1 is 1.20 bits per heavy atom. The molecule has 128 valence electrons. The van der Waals surface area contributed by atoms with Gasteiger partial charge in [-0.25, -0.2) is 4.39 Å². The van der Waals surface area contributed by atoms with E-state index in [0.29, 0.717) is 22.3 Å². The lowest BCUT2D eigenvalue weighted by molar-refractivity contribution is -0.118. The third-order valence-electron chi connectivity index (χ3n) is 3.47. The Morgan fingerprint density at radius 2 is 1.88 bits per heavy atom. The molecule has 0 aliphatic heterocycles. The largest absolute Gasteiger partial charge is 0.484 e. The van der Waals surface area contributed by atoms with E-state index in [-0.39, 0.29) is 18.3 Å². The highest BCUT2D eigenvalue weighted by molar-refractivity contribution is 6.30. The fourth-order valence-corrected chi connectivity index (χ4v) is 2.33. The van der Waals surface area contributed by atoms with Crippen molar-refractivity contribution < 1.29 is 13.9 Å². The molecule has 3 aromatic rings. The number of carbonyl (C=O) groups is 1. The number of hydrogen-bond acceptors (Lipinski definition) is 3. The number of benzene rings is 2. The van der Waals surface area contributed by atoms with Gasteiger partial charge in [-0.3, -0.25) is 9.48 Å². The van der Waals surface area contributed by atoms with Crippen LogP contribution in [0.25, 0.3) is 11.3 Å². The minimum absolute atomic E-state index is 0.187. The second kappa shape index (κ2) is 7.36. The Hall–Kier alpha value is -2.86. The summed E-state index contributed by atoms with van der Waals surface area (Å²) >= 11 is 5.88. The Bertz CT molecular complexity index is 876. The number of rotatable bonds is 5. The van der Waals surface area contributed by atoms with Crippen LogP contribution in [0.15, 0.2) is 54.6 Å². The highest BCUT2D eigenvalue weighted by atomic mass is 35.5. The van der Waals surface area contributed by atoms with E-state index in [0.717, 1.165) is 5.56 Å². The average Bonchev–Trinajstić information content (AvgIpc) is 2.95. The second-order valence-corrected chi connectivity index (χ2v) is 5.77. The van der Waals surface area contributed by atoms with Gasteiger partial charge in [-0.1, -0.05) is 23.7 Å². The Balaban J connectivity index is 1.63. The van der Waals surface area contributed by atoms with Crippen molar-refractivity contribution in [1.29, 1.82) is 0 Å². The third kappa shape index (κ3) is 4.36. The fraction of sp³-hybridized carbons (Fsp3) is 0.111. The van der Waals surface area contributed by atoms with Crippen LogP contribution in [0.3, 0.4) is 0 Å². The van der Waals surface area contributed by atoms with E-state index in [1.54, 1.807) is 29.9 Å². The number of ether oxygens (including phenoxy) is 1. The summed E-state index contributed by atoms with van der Waals surface area (Å²) in [5.74, 6) is 0.262. The minimum Gasteiger partial charge on any atom is -0.484 e. The summed E-state index contributed by atoms with van der Waals surface area (Å²) in [6.07, 6.45) is 0. The normalized spacial score (nSPS) is 10.5. The van der Waals surface area contributed by atoms with Crippen LogP contribution in [0.2, 0.25) is 5.02 Å². The summed E-state index contributed by atoms with van der Waals surface area (Å²) in [5.41, 5.74) is 1.61. The number of aromatic nitrogens is 2. The monoisotopic (exact) mass is 359 g/mol. The summed E-state index contributed by atoms with van der Waals surface area (Å²) in [6.45, 7) is -0.187. The Morgan fingerprint density at radius 3 is 2.56 bits per heavy atom. The van der Waals surface area contributed by atoms with Gasteiger partial charge >= 0.3 is 0 Å². The van der Waals surface area contributed by atoms with Crippen molar-refractivity contribution in [3.05, 3.63) is 65.4 Å². The third-order valence-corrected chi connectivity index (χ3v) is 3.72. The summed E-state index contributed by atoms with van der Waals surface area (Å²) < 4.78 is 19.7. The highest BCUT2D eigenvalue weighted by Crippen LogP contribution is 2.23. The molecule has 0 atom stereocenters. The van der Waals surface area contributed by atoms with Crippen LogP contribution < -0.4 is 10.1 Å². The van der Waals surface area contributed by atoms with Gasteiger partial charge in [0.25, 0.3) is 5.91 Å². The molecule has 0 saturated heterocycles. The van der Waals surface area contributed by atoms with E-state index in [2.05, 4.69) is 10.4 Å². The van der Waals surface area contributed by atoms with Gasteiger partial charge < -0.3 is 10.1 Å². The van der Waals surface area contributed by atoms with Crippen LogP contribution in [0.1, 0.15) is 0 Å². The maximum Gasteiger partial charge on any atom is 0.263 e. The van der Waals surface area contributed by atoms with Crippen LogP contribution >= 0.6 is 11.6 Å². The van der Waals surface area contributed by atoms with Gasteiger partial charge in [0, 0.05) is 23.7 Å². The number of anilines is 1. The van der Waals surface area contributed by atoms with Gasteiger partial charge in [0.1, 0.15) is 17.4 Å². The van der Waals surface area contributed by atoms with Crippen molar-refractivity contribution in [3.8, 4) is 17.0 Å². The van der Waals surface area contributed by atoms with Crippen LogP contribution in [0, 0.1) is 5.82 Å². The Kier molecular flexibility index (Phi) is 5.00. The van der Waals surface area contributed by atoms with Gasteiger partial charge in [-0.2, -0.15) is 5.10 Å². The fourth-order valence-electron chi connectivity index (χ4n) is 2.20. The number of hydrogen-bond donors (Lipinski definition) is 1. The molecule has 0 saturated carbocycles. The number of halogens is 2. The molecule has 0 unspecified atom stereocenters. The summed E-state index contributed by atoms with van der Waals surface area (Å²) in [7, 11) is 1.73. The van der Waals surface area contributed by atoms with Crippen molar-refractivity contribution in [2.45, 2.75) is 0 Å². The van der Waals surface area contributed by atoms with Gasteiger partial charge in [0.2, 0.25) is 0 Å². The summed E-state index contributed by atoms with van der Waals surface area (Å²) in [6, 6.07) is 14.5. The summed E-state index contributed by atoms with van der Waals surface area (Å²) in [5, 5.41) is 7.74. The zero-order valence-electron chi connectivity index (χ0n) is 13.4. The second-order valence-electron chi connectivity index (χ2n) is 5.34. The zero-order valence-corrected chi connectivity index (χ0v) is 14.1. The lowest BCUT2D eigenvalue weighted by atomic mass is 10.1. The molecule has 1 aromatic heterocycles. The maximum absolute atomic E-state index is 12.8. The summed E-state index contributed by atoms with van der Waals surface area (Å²) in [4.78, 5) is 12.0. The molecule has 0 radical (unpaired) electrons. The van der Waals surface area contributed by atoms with E-state index >= 15 is 0 Å². The highest BCUT2D eigenvalue weighted by Gasteiger charge is 2.11. The quantitative estimate of drug-likeness (QED) is 0.751. The van der Waals surface area contributed by atoms with Crippen molar-refractivity contribution in [2.75, 3.05) is 11.9 Å². The topological polar surface area (TPSA) is 56.2 Å². The lowest BCUT2D eigenvalue weighted by Crippen LogP contribution is -2.21. The van der Waals surface area contributed by atoms with Crippen LogP contribution in [-0.4, -0.2) is 22.3 Å². The smallest absolute Gasteiger partial charge is 0.263 e. The first-order valence-electron chi connectivity index (χ1n) is 7.49. The maximum atomic E-state index is 12.8. The molecule has 25 heavy (non-hydrogen) atoms. The van der Waals surface area contributed by atoms with E-state index in [9.17, 15) is 9.18 Å². The molecular formula is C18H15ClFN3O2. The molecule has 0 aliphatic rings. The van der Waals surface area contributed by atoms with Gasteiger partial charge in [-0.05, 0) is 36.4 Å². The standard InChI is InChI=1S/C18H15ClFN3O2/c1-23-17(10-16(22-23)12-2-4-13(19)5-3-12)21-18(24)11-25-15-8-6-14(20)7-9-15/h2-10H,11H2,1H3,(H,21,24). The molecular weight excluding hydrogens is 345 g/mol. The molecule has 1 amide bonds. The predicted molar refractivity (Wildman–Crippen MR) is 94.2 cm³/mol. The first-order chi connectivity index (χ1) is 12.0. The molecule has 0 bridgehead atoms. The van der Waals surface area contributed by atoms with Crippen LogP contribution in [-0.2, 0) is 11.8 Å². The molecule has 1 heterocycles. The number of carbonyl (C=O) groups excluding carboxylic acids is 1. The predicted octanol–water partition coefficient (Wildman–Crippen LogP) is 3.90. The van der Waals surface area contributed by atoms with Crippen molar-refractivity contribution in [1.82, 2.24) is 9.78 Å². The number of nitrogens with zero attached hydrogens (tertiary/aromatic N) is 2. The average molecular weight is 360 g/mol. The van der Waals surface area contributed by atoms with Gasteiger partial charge in [0.05, 0.1) is 5.69 Å². The molecule has 3 rings (SSSR count). The van der Waals surface area contributed by atoms with Gasteiger partial charge in [-0.15, -0.1) is 0 Å². The SMILES string of the molecule is Cn1nc(-c2ccc(Cl)cc2)cc1NC(=O)COc1ccc(F)cc1. The van der Waals surface area contributed by atoms with E-state index < -0.39 is 0 Å². The number of aryl methyl sites for hydroxylation is 1. The number of nitrogens with one attached hydrogen (secondary N) is 1. The first kappa shape index (κ1) is 17.0. The lowest BCUT2D eigenvalue weighted by Gasteiger charge is -2.07.